The Labute approximate surface area is 108 Å². The molecule has 2 rings (SSSR count). The van der Waals surface area contributed by atoms with Crippen LogP contribution in [0.15, 0.2) is 34.9 Å². The van der Waals surface area contributed by atoms with Crippen LogP contribution in [0.2, 0.25) is 0 Å². The van der Waals surface area contributed by atoms with Gasteiger partial charge < -0.3 is 17.3 Å². The van der Waals surface area contributed by atoms with Gasteiger partial charge in [-0.1, -0.05) is 12.1 Å². The predicted molar refractivity (Wildman–Crippen MR) is 64.4 cm³/mol. The Morgan fingerprint density at radius 2 is 1.83 bits per heavy atom. The molecule has 0 spiro atoms. The largest absolute Gasteiger partial charge is 0.673 e. The molecule has 9 heteroatoms. The Balaban J connectivity index is 0.000000280. The van der Waals surface area contributed by atoms with Crippen LogP contribution in [0.4, 0.5) is 23.0 Å². The smallest absolute Gasteiger partial charge is 0.418 e. The second-order valence-corrected chi connectivity index (χ2v) is 4.01. The summed E-state index contributed by atoms with van der Waals surface area (Å²) in [6.07, 6.45) is 1.68. The van der Waals surface area contributed by atoms with E-state index in [1.54, 1.807) is 12.3 Å². The highest BCUT2D eigenvalue weighted by Crippen LogP contribution is 2.25. The number of diazo groups is 1. The number of para-hydroxylation sites is 1. The van der Waals surface area contributed by atoms with Crippen LogP contribution in [0, 0.1) is 5.39 Å². The van der Waals surface area contributed by atoms with Crippen molar-refractivity contribution in [2.24, 2.45) is 0 Å². The summed E-state index contributed by atoms with van der Waals surface area (Å²) in [5.74, 6) is 0. The third-order valence-corrected chi connectivity index (χ3v) is 2.20. The Morgan fingerprint density at radius 3 is 2.39 bits per heavy atom. The molecular weight excluding hydrogens is 317 g/mol. The van der Waals surface area contributed by atoms with Crippen LogP contribution in [0.1, 0.15) is 0 Å². The summed E-state index contributed by atoms with van der Waals surface area (Å²) in [7, 11) is -6.00. The summed E-state index contributed by atoms with van der Waals surface area (Å²) >= 11 is 3.32. The molecule has 0 unspecified atom stereocenters. The molecule has 1 aromatic carbocycles. The average molecular weight is 322 g/mol. The van der Waals surface area contributed by atoms with Crippen molar-refractivity contribution in [3.63, 3.8) is 0 Å². The monoisotopic (exact) mass is 321 g/mol. The molecule has 0 atom stereocenters. The quantitative estimate of drug-likeness (QED) is 0.398. The zero-order valence-corrected chi connectivity index (χ0v) is 10.3. The lowest BCUT2D eigenvalue weighted by Gasteiger charge is -1.94. The fourth-order valence-electron chi connectivity index (χ4n) is 1.20. The maximum Gasteiger partial charge on any atom is 0.673 e. The molecule has 0 saturated carbocycles. The summed E-state index contributed by atoms with van der Waals surface area (Å²) in [6, 6.07) is 7.38. The molecule has 2 aromatic rings. The maximum atomic E-state index is 9.75. The molecule has 0 N–H and O–H groups in total. The van der Waals surface area contributed by atoms with E-state index in [0.29, 0.717) is 11.2 Å². The van der Waals surface area contributed by atoms with E-state index in [1.807, 2.05) is 18.2 Å². The van der Waals surface area contributed by atoms with Crippen LogP contribution in [0.3, 0.4) is 0 Å². The highest BCUT2D eigenvalue weighted by molar-refractivity contribution is 9.10. The number of halogens is 5. The molecule has 0 aliphatic carbocycles. The van der Waals surface area contributed by atoms with Gasteiger partial charge in [-0.3, -0.25) is 0 Å². The fraction of sp³-hybridized carbons (Fsp3) is 0. The molecular formula is C9H5BBrF4N3. The molecule has 1 heterocycles. The SMILES string of the molecule is F[B-](F)(F)F.N#[N+]c1cccc2cc(Br)cnc12. The summed E-state index contributed by atoms with van der Waals surface area (Å²) in [5, 5.41) is 9.63. The van der Waals surface area contributed by atoms with Crippen LogP contribution in [-0.4, -0.2) is 12.2 Å². The summed E-state index contributed by atoms with van der Waals surface area (Å²) < 4.78 is 39.9. The van der Waals surface area contributed by atoms with Crippen molar-refractivity contribution in [3.8, 4) is 0 Å². The number of rotatable bonds is 0. The van der Waals surface area contributed by atoms with Gasteiger partial charge in [0.1, 0.15) is 0 Å². The van der Waals surface area contributed by atoms with Gasteiger partial charge in [-0.15, -0.1) is 0 Å². The lowest BCUT2D eigenvalue weighted by molar-refractivity contribution is 0.368. The van der Waals surface area contributed by atoms with Crippen molar-refractivity contribution < 1.29 is 17.3 Å². The minimum atomic E-state index is -6.00. The number of pyridine rings is 1. The van der Waals surface area contributed by atoms with E-state index in [9.17, 15) is 17.3 Å². The number of aromatic nitrogens is 1. The average Bonchev–Trinajstić information content (AvgIpc) is 2.25. The van der Waals surface area contributed by atoms with E-state index in [4.69, 9.17) is 5.39 Å². The first-order valence-electron chi connectivity index (χ1n) is 4.58. The van der Waals surface area contributed by atoms with E-state index < -0.39 is 7.25 Å². The Bertz CT molecular complexity index is 590. The first-order chi connectivity index (χ1) is 8.31. The zero-order chi connectivity index (χ0) is 13.8. The van der Waals surface area contributed by atoms with Crippen LogP contribution in [-0.2, 0) is 0 Å². The lowest BCUT2D eigenvalue weighted by atomic mass is 10.2. The molecule has 0 fully saturated rings. The third-order valence-electron chi connectivity index (χ3n) is 1.76. The van der Waals surface area contributed by atoms with Gasteiger partial charge in [0.2, 0.25) is 5.39 Å². The normalized spacial score (nSPS) is 10.4. The predicted octanol–water partition coefficient (Wildman–Crippen LogP) is 4.78. The van der Waals surface area contributed by atoms with Gasteiger partial charge in [0, 0.05) is 22.1 Å². The van der Waals surface area contributed by atoms with Crippen molar-refractivity contribution in [3.05, 3.63) is 39.9 Å². The summed E-state index contributed by atoms with van der Waals surface area (Å²) in [4.78, 5) is 7.30. The Morgan fingerprint density at radius 1 is 1.22 bits per heavy atom. The number of hydrogen-bond acceptors (Lipinski definition) is 2. The second-order valence-electron chi connectivity index (χ2n) is 3.10. The Hall–Kier alpha value is -1.69. The molecule has 0 aliphatic heterocycles. The lowest BCUT2D eigenvalue weighted by Crippen LogP contribution is -2.02. The van der Waals surface area contributed by atoms with Gasteiger partial charge in [0.25, 0.3) is 0 Å². The van der Waals surface area contributed by atoms with Crippen molar-refractivity contribution in [2.45, 2.75) is 0 Å². The number of hydrogen-bond donors (Lipinski definition) is 0. The topological polar surface area (TPSA) is 41.0 Å². The van der Waals surface area contributed by atoms with Crippen molar-refractivity contribution >= 4 is 39.8 Å². The van der Waals surface area contributed by atoms with Crippen molar-refractivity contribution in [1.82, 2.24) is 4.98 Å². The molecule has 94 valence electrons. The minimum Gasteiger partial charge on any atom is -0.418 e. The second kappa shape index (κ2) is 5.77. The van der Waals surface area contributed by atoms with Gasteiger partial charge in [-0.05, 0) is 22.0 Å². The highest BCUT2D eigenvalue weighted by atomic mass is 79.9. The number of fused-ring (bicyclic) bond motifs is 1. The molecule has 0 saturated heterocycles. The highest BCUT2D eigenvalue weighted by Gasteiger charge is 2.20. The standard InChI is InChI=1S/C9H5BrN3.BF4/c10-7-4-6-2-1-3-8(13-11)9(6)12-5-7;2-1(3,4)5/h1-5H;/q+1;-1. The molecule has 0 radical (unpaired) electrons. The van der Waals surface area contributed by atoms with Gasteiger partial charge >= 0.3 is 12.9 Å². The number of benzene rings is 1. The van der Waals surface area contributed by atoms with E-state index >= 15 is 0 Å². The van der Waals surface area contributed by atoms with E-state index in [-0.39, 0.29) is 0 Å². The number of nitrogens with zero attached hydrogens (tertiary/aromatic N) is 3. The first-order valence-corrected chi connectivity index (χ1v) is 5.37. The molecule has 0 aliphatic rings. The van der Waals surface area contributed by atoms with E-state index in [2.05, 4.69) is 25.9 Å². The van der Waals surface area contributed by atoms with Crippen molar-refractivity contribution in [2.75, 3.05) is 0 Å². The van der Waals surface area contributed by atoms with E-state index in [0.717, 1.165) is 9.86 Å². The zero-order valence-electron chi connectivity index (χ0n) is 8.70. The molecule has 3 nitrogen and oxygen atoms in total. The first kappa shape index (κ1) is 14.4. The van der Waals surface area contributed by atoms with E-state index in [1.165, 1.54) is 0 Å². The van der Waals surface area contributed by atoms with Gasteiger partial charge in [-0.25, -0.2) is 4.98 Å². The maximum absolute atomic E-state index is 9.75. The molecule has 18 heavy (non-hydrogen) atoms. The van der Waals surface area contributed by atoms with Crippen LogP contribution >= 0.6 is 15.9 Å². The molecule has 0 bridgehead atoms. The third kappa shape index (κ3) is 4.67. The summed E-state index contributed by atoms with van der Waals surface area (Å²) in [5.41, 5.74) is 1.19. The van der Waals surface area contributed by atoms with Crippen LogP contribution in [0.25, 0.3) is 15.9 Å². The molecule has 1 aromatic heterocycles. The van der Waals surface area contributed by atoms with Crippen molar-refractivity contribution in [1.29, 1.82) is 5.39 Å². The Kier molecular flexibility index (Phi) is 4.61. The van der Waals surface area contributed by atoms with Gasteiger partial charge in [0.15, 0.2) is 10.5 Å². The fourth-order valence-corrected chi connectivity index (χ4v) is 1.55. The van der Waals surface area contributed by atoms with Gasteiger partial charge in [0.05, 0.1) is 0 Å². The minimum absolute atomic E-state index is 0.491. The van der Waals surface area contributed by atoms with Crippen LogP contribution in [0.5, 0.6) is 0 Å². The van der Waals surface area contributed by atoms with Crippen LogP contribution < -0.4 is 0 Å². The molecule has 0 amide bonds. The van der Waals surface area contributed by atoms with Gasteiger partial charge in [-0.2, -0.15) is 0 Å². The summed E-state index contributed by atoms with van der Waals surface area (Å²) in [6.45, 7) is 0.